The molecule has 0 amide bonds. The molecule has 6 heteroatoms. The average Bonchev–Trinajstić information content (AvgIpc) is 3.05. The van der Waals surface area contributed by atoms with Crippen molar-refractivity contribution < 1.29 is 23.8 Å². The molecular formula is C18H17NO5. The number of rotatable bonds is 3. The van der Waals surface area contributed by atoms with Gasteiger partial charge in [-0.15, -0.1) is 0 Å². The van der Waals surface area contributed by atoms with Gasteiger partial charge in [0.05, 0.1) is 24.0 Å². The molecule has 0 fully saturated rings. The molecule has 1 aromatic carbocycles. The summed E-state index contributed by atoms with van der Waals surface area (Å²) in [5.74, 6) is -1.01. The number of furan rings is 1. The van der Waals surface area contributed by atoms with Crippen LogP contribution in [0.5, 0.6) is 0 Å². The number of hydrogen-bond donors (Lipinski definition) is 2. The van der Waals surface area contributed by atoms with Crippen LogP contribution in [0.1, 0.15) is 24.5 Å². The zero-order valence-corrected chi connectivity index (χ0v) is 13.1. The van der Waals surface area contributed by atoms with Crippen molar-refractivity contribution in [2.24, 2.45) is 0 Å². The number of Topliss-reactive ketones (excluding diaryl/α,β-unsaturated/α-hetero) is 1. The van der Waals surface area contributed by atoms with Crippen LogP contribution in [0.3, 0.4) is 0 Å². The fourth-order valence-corrected chi connectivity index (χ4v) is 2.69. The van der Waals surface area contributed by atoms with E-state index in [9.17, 15) is 14.7 Å². The van der Waals surface area contributed by atoms with Gasteiger partial charge in [-0.05, 0) is 19.1 Å². The van der Waals surface area contributed by atoms with E-state index in [4.69, 9.17) is 9.15 Å². The summed E-state index contributed by atoms with van der Waals surface area (Å²) in [6.45, 7) is 1.94. The number of allylic oxidation sites excluding steroid dienone is 1. The van der Waals surface area contributed by atoms with Gasteiger partial charge in [-0.1, -0.05) is 18.2 Å². The monoisotopic (exact) mass is 327 g/mol. The molecular weight excluding hydrogens is 310 g/mol. The molecule has 0 saturated heterocycles. The first-order valence-corrected chi connectivity index (χ1v) is 7.63. The van der Waals surface area contributed by atoms with Crippen molar-refractivity contribution in [2.75, 3.05) is 11.9 Å². The van der Waals surface area contributed by atoms with Crippen LogP contribution in [0, 0.1) is 0 Å². The van der Waals surface area contributed by atoms with Gasteiger partial charge < -0.3 is 19.6 Å². The van der Waals surface area contributed by atoms with Gasteiger partial charge in [-0.3, -0.25) is 4.79 Å². The molecule has 0 bridgehead atoms. The molecule has 0 saturated carbocycles. The minimum Gasteiger partial charge on any atom is -0.506 e. The molecule has 0 spiro atoms. The van der Waals surface area contributed by atoms with Crippen molar-refractivity contribution >= 4 is 28.8 Å². The maximum Gasteiger partial charge on any atom is 0.329 e. The van der Waals surface area contributed by atoms with Gasteiger partial charge in [-0.25, -0.2) is 4.79 Å². The number of benzene rings is 1. The van der Waals surface area contributed by atoms with Crippen LogP contribution in [0.15, 0.2) is 47.3 Å². The third kappa shape index (κ3) is 2.90. The molecule has 2 N–H and O–H groups in total. The summed E-state index contributed by atoms with van der Waals surface area (Å²) >= 11 is 0. The standard InChI is InChI=1S/C18H17NO5/c1-2-24-18(22)14-9-15(20)16(17(21)11-7-8-23-10-11)12-5-3-4-6-13(12)19-14/h3-8,10,14,19,21H,2,9H2,1H3/b17-16+/t14-/m1/s1. The van der Waals surface area contributed by atoms with Crippen molar-refractivity contribution in [1.29, 1.82) is 0 Å². The number of fused-ring (bicyclic) bond motifs is 1. The van der Waals surface area contributed by atoms with Crippen LogP contribution >= 0.6 is 0 Å². The lowest BCUT2D eigenvalue weighted by Gasteiger charge is -2.15. The second-order valence-corrected chi connectivity index (χ2v) is 5.36. The molecule has 6 nitrogen and oxygen atoms in total. The highest BCUT2D eigenvalue weighted by Gasteiger charge is 2.32. The molecule has 2 heterocycles. The highest BCUT2D eigenvalue weighted by Crippen LogP contribution is 2.34. The SMILES string of the molecule is CCOC(=O)[C@H]1CC(=O)/C(=C(/O)c2ccoc2)c2ccccc2N1. The van der Waals surface area contributed by atoms with Crippen LogP contribution in [0.2, 0.25) is 0 Å². The summed E-state index contributed by atoms with van der Waals surface area (Å²) in [4.78, 5) is 24.8. The number of ether oxygens (including phenoxy) is 1. The molecule has 1 aromatic heterocycles. The largest absolute Gasteiger partial charge is 0.506 e. The number of carbonyl (C=O) groups excluding carboxylic acids is 2. The zero-order valence-electron chi connectivity index (χ0n) is 13.1. The van der Waals surface area contributed by atoms with Crippen molar-refractivity contribution in [3.8, 4) is 0 Å². The lowest BCUT2D eigenvalue weighted by Crippen LogP contribution is -2.32. The highest BCUT2D eigenvalue weighted by atomic mass is 16.5. The van der Waals surface area contributed by atoms with Gasteiger partial charge in [0.25, 0.3) is 0 Å². The fourth-order valence-electron chi connectivity index (χ4n) is 2.69. The summed E-state index contributed by atoms with van der Waals surface area (Å²) in [7, 11) is 0. The van der Waals surface area contributed by atoms with Crippen LogP contribution < -0.4 is 5.32 Å². The Morgan fingerprint density at radius 1 is 1.38 bits per heavy atom. The van der Waals surface area contributed by atoms with E-state index in [-0.39, 0.29) is 30.1 Å². The molecule has 0 radical (unpaired) electrons. The summed E-state index contributed by atoms with van der Waals surface area (Å²) in [5.41, 5.74) is 1.69. The van der Waals surface area contributed by atoms with Crippen molar-refractivity contribution in [3.05, 3.63) is 54.0 Å². The third-order valence-electron chi connectivity index (χ3n) is 3.80. The maximum atomic E-state index is 12.7. The van der Waals surface area contributed by atoms with Gasteiger partial charge >= 0.3 is 5.97 Å². The van der Waals surface area contributed by atoms with Crippen molar-refractivity contribution in [3.63, 3.8) is 0 Å². The molecule has 1 aliphatic heterocycles. The van der Waals surface area contributed by atoms with Crippen LogP contribution in [0.25, 0.3) is 11.3 Å². The third-order valence-corrected chi connectivity index (χ3v) is 3.80. The van der Waals surface area contributed by atoms with E-state index < -0.39 is 12.0 Å². The predicted octanol–water partition coefficient (Wildman–Crippen LogP) is 3.02. The predicted molar refractivity (Wildman–Crippen MR) is 88.3 cm³/mol. The fraction of sp³-hybridized carbons (Fsp3) is 0.222. The first-order valence-electron chi connectivity index (χ1n) is 7.63. The van der Waals surface area contributed by atoms with E-state index in [1.807, 2.05) is 0 Å². The Balaban J connectivity index is 2.10. The van der Waals surface area contributed by atoms with E-state index >= 15 is 0 Å². The van der Waals surface area contributed by atoms with E-state index in [1.165, 1.54) is 12.5 Å². The van der Waals surface area contributed by atoms with E-state index in [2.05, 4.69) is 5.32 Å². The van der Waals surface area contributed by atoms with Gasteiger partial charge in [0.2, 0.25) is 0 Å². The smallest absolute Gasteiger partial charge is 0.329 e. The lowest BCUT2D eigenvalue weighted by atomic mass is 9.96. The molecule has 1 aliphatic rings. The lowest BCUT2D eigenvalue weighted by molar-refractivity contribution is -0.145. The first-order chi connectivity index (χ1) is 11.6. The number of hydrogen-bond acceptors (Lipinski definition) is 6. The van der Waals surface area contributed by atoms with Crippen molar-refractivity contribution in [1.82, 2.24) is 0 Å². The summed E-state index contributed by atoms with van der Waals surface area (Å²) in [5, 5.41) is 13.6. The Morgan fingerprint density at radius 2 is 2.17 bits per heavy atom. The molecule has 3 rings (SSSR count). The summed E-state index contributed by atoms with van der Waals surface area (Å²) < 4.78 is 10.00. The quantitative estimate of drug-likeness (QED) is 0.512. The Kier molecular flexibility index (Phi) is 4.37. The number of aliphatic hydroxyl groups excluding tert-OH is 1. The van der Waals surface area contributed by atoms with Crippen molar-refractivity contribution in [2.45, 2.75) is 19.4 Å². The number of anilines is 1. The Bertz CT molecular complexity index is 792. The minimum absolute atomic E-state index is 0.106. The topological polar surface area (TPSA) is 88.8 Å². The summed E-state index contributed by atoms with van der Waals surface area (Å²) in [6, 6.07) is 7.80. The number of aliphatic hydroxyl groups is 1. The Hall–Kier alpha value is -3.02. The molecule has 0 unspecified atom stereocenters. The number of carbonyl (C=O) groups is 2. The number of esters is 1. The molecule has 0 aliphatic carbocycles. The highest BCUT2D eigenvalue weighted by molar-refractivity contribution is 6.29. The minimum atomic E-state index is -0.798. The van der Waals surface area contributed by atoms with Crippen LogP contribution in [0.4, 0.5) is 5.69 Å². The number of nitrogens with one attached hydrogen (secondary N) is 1. The van der Waals surface area contributed by atoms with E-state index in [0.717, 1.165) is 0 Å². The van der Waals surface area contributed by atoms with E-state index in [0.29, 0.717) is 16.8 Å². The second-order valence-electron chi connectivity index (χ2n) is 5.36. The molecule has 124 valence electrons. The van der Waals surface area contributed by atoms with Gasteiger partial charge in [-0.2, -0.15) is 0 Å². The second kappa shape index (κ2) is 6.62. The molecule has 1 atom stereocenters. The van der Waals surface area contributed by atoms with Crippen LogP contribution in [-0.2, 0) is 14.3 Å². The maximum absolute atomic E-state index is 12.7. The molecule has 24 heavy (non-hydrogen) atoms. The Labute approximate surface area is 138 Å². The van der Waals surface area contributed by atoms with Gasteiger partial charge in [0.1, 0.15) is 18.1 Å². The number of ketones is 1. The molecule has 2 aromatic rings. The zero-order chi connectivity index (χ0) is 17.1. The number of para-hydroxylation sites is 1. The summed E-state index contributed by atoms with van der Waals surface area (Å²) in [6.07, 6.45) is 2.67. The normalized spacial score (nSPS) is 19.0. The first kappa shape index (κ1) is 15.9. The van der Waals surface area contributed by atoms with E-state index in [1.54, 1.807) is 37.3 Å². The van der Waals surface area contributed by atoms with Gasteiger partial charge in [0, 0.05) is 17.7 Å². The average molecular weight is 327 g/mol. The van der Waals surface area contributed by atoms with Gasteiger partial charge in [0.15, 0.2) is 5.78 Å². The van der Waals surface area contributed by atoms with Crippen LogP contribution in [-0.4, -0.2) is 29.5 Å². The Morgan fingerprint density at radius 3 is 2.88 bits per heavy atom.